The van der Waals surface area contributed by atoms with Crippen molar-refractivity contribution in [1.82, 2.24) is 4.31 Å². The molecule has 148 valence electrons. The Bertz CT molecular complexity index is 1030. The molecule has 0 fully saturated rings. The number of sulfonamides is 1. The molecule has 0 saturated carbocycles. The maximum Gasteiger partial charge on any atom is 0.269 e. The highest BCUT2D eigenvalue weighted by atomic mass is 32.2. The highest BCUT2D eigenvalue weighted by molar-refractivity contribution is 7.90. The third-order valence-corrected chi connectivity index (χ3v) is 6.38. The summed E-state index contributed by atoms with van der Waals surface area (Å²) >= 11 is 0. The van der Waals surface area contributed by atoms with Crippen molar-refractivity contribution < 1.29 is 27.5 Å². The minimum atomic E-state index is -4.15. The van der Waals surface area contributed by atoms with Crippen LogP contribution in [-0.4, -0.2) is 45.2 Å². The zero-order chi connectivity index (χ0) is 20.5. The second kappa shape index (κ2) is 7.63. The van der Waals surface area contributed by atoms with E-state index in [0.717, 1.165) is 18.4 Å². The van der Waals surface area contributed by atoms with Crippen LogP contribution >= 0.6 is 0 Å². The Balaban J connectivity index is 1.90. The number of ketones is 1. The average Bonchev–Trinajstić information content (AvgIpc) is 2.87. The van der Waals surface area contributed by atoms with Gasteiger partial charge in [-0.25, -0.2) is 12.7 Å². The number of nitrogens with zero attached hydrogens (tertiary/aromatic N) is 1. The summed E-state index contributed by atoms with van der Waals surface area (Å²) in [5, 5.41) is 0. The highest BCUT2D eigenvalue weighted by Gasteiger charge is 2.43. The summed E-state index contributed by atoms with van der Waals surface area (Å²) in [5.41, 5.74) is 1.41. The molecule has 0 spiro atoms. The van der Waals surface area contributed by atoms with Crippen LogP contribution in [0.1, 0.15) is 39.6 Å². The minimum absolute atomic E-state index is 0.0382. The third kappa shape index (κ3) is 3.35. The van der Waals surface area contributed by atoms with Crippen molar-refractivity contribution in [2.45, 2.75) is 24.7 Å². The van der Waals surface area contributed by atoms with E-state index >= 15 is 0 Å². The molecule has 1 amide bonds. The van der Waals surface area contributed by atoms with Crippen LogP contribution in [0.4, 0.5) is 0 Å². The largest absolute Gasteiger partial charge is 0.493 e. The van der Waals surface area contributed by atoms with Gasteiger partial charge in [0, 0.05) is 11.6 Å². The van der Waals surface area contributed by atoms with Crippen LogP contribution in [0.2, 0.25) is 0 Å². The van der Waals surface area contributed by atoms with Gasteiger partial charge in [-0.2, -0.15) is 0 Å². The maximum absolute atomic E-state index is 12.8. The van der Waals surface area contributed by atoms with E-state index in [1.165, 1.54) is 26.4 Å². The van der Waals surface area contributed by atoms with E-state index in [2.05, 4.69) is 6.92 Å². The predicted molar refractivity (Wildman–Crippen MR) is 103 cm³/mol. The Kier molecular flexibility index (Phi) is 5.42. The van der Waals surface area contributed by atoms with Gasteiger partial charge in [0.15, 0.2) is 17.3 Å². The first-order chi connectivity index (χ1) is 13.3. The van der Waals surface area contributed by atoms with Crippen LogP contribution in [0.3, 0.4) is 0 Å². The molecule has 0 aliphatic carbocycles. The number of hydrogen-bond donors (Lipinski definition) is 0. The van der Waals surface area contributed by atoms with Crippen LogP contribution in [0.5, 0.6) is 11.5 Å². The molecule has 0 aromatic heterocycles. The van der Waals surface area contributed by atoms with Gasteiger partial charge in [0.25, 0.3) is 15.9 Å². The van der Waals surface area contributed by atoms with Gasteiger partial charge in [-0.3, -0.25) is 9.59 Å². The van der Waals surface area contributed by atoms with E-state index in [-0.39, 0.29) is 22.0 Å². The van der Waals surface area contributed by atoms with Gasteiger partial charge in [0.2, 0.25) is 0 Å². The number of carbonyl (C=O) groups is 2. The lowest BCUT2D eigenvalue weighted by Gasteiger charge is -2.14. The molecule has 0 radical (unpaired) electrons. The Hall–Kier alpha value is -2.87. The van der Waals surface area contributed by atoms with Gasteiger partial charge in [-0.1, -0.05) is 37.6 Å². The van der Waals surface area contributed by atoms with Crippen molar-refractivity contribution in [3.8, 4) is 11.5 Å². The number of ether oxygens (including phenoxy) is 2. The number of Topliss-reactive ketones (excluding diaryl/α,β-unsaturated/α-hetero) is 1. The lowest BCUT2D eigenvalue weighted by molar-refractivity contribution is 0.0820. The van der Waals surface area contributed by atoms with E-state index in [1.54, 1.807) is 12.1 Å². The second-order valence-electron chi connectivity index (χ2n) is 6.39. The number of rotatable bonds is 7. The van der Waals surface area contributed by atoms with Crippen molar-refractivity contribution >= 4 is 21.7 Å². The molecular formula is C20H21NO6S. The van der Waals surface area contributed by atoms with Crippen molar-refractivity contribution in [3.63, 3.8) is 0 Å². The van der Waals surface area contributed by atoms with Crippen molar-refractivity contribution in [3.05, 3.63) is 53.1 Å². The predicted octanol–water partition coefficient (Wildman–Crippen LogP) is 2.68. The third-order valence-electron chi connectivity index (χ3n) is 4.61. The molecule has 1 aliphatic heterocycles. The molecule has 7 nitrogen and oxygen atoms in total. The molecule has 0 saturated heterocycles. The number of hydrogen-bond acceptors (Lipinski definition) is 6. The second-order valence-corrected chi connectivity index (χ2v) is 8.22. The number of carbonyl (C=O) groups excluding carboxylic acids is 2. The zero-order valence-electron chi connectivity index (χ0n) is 15.9. The van der Waals surface area contributed by atoms with Gasteiger partial charge < -0.3 is 9.47 Å². The highest BCUT2D eigenvalue weighted by Crippen LogP contribution is 2.38. The van der Waals surface area contributed by atoms with Crippen LogP contribution in [0.25, 0.3) is 0 Å². The molecule has 0 N–H and O–H groups in total. The summed E-state index contributed by atoms with van der Waals surface area (Å²) in [7, 11) is -1.38. The monoisotopic (exact) mass is 403 g/mol. The molecule has 0 unspecified atom stereocenters. The number of aryl methyl sites for hydroxylation is 1. The van der Waals surface area contributed by atoms with E-state index in [0.29, 0.717) is 9.87 Å². The van der Waals surface area contributed by atoms with Crippen LogP contribution in [0.15, 0.2) is 41.3 Å². The topological polar surface area (TPSA) is 90.0 Å². The summed E-state index contributed by atoms with van der Waals surface area (Å²) < 4.78 is 36.5. The molecule has 2 aromatic carbocycles. The number of fused-ring (bicyclic) bond motifs is 1. The molecule has 1 aliphatic rings. The van der Waals surface area contributed by atoms with Crippen LogP contribution < -0.4 is 9.47 Å². The first-order valence-electron chi connectivity index (χ1n) is 8.78. The van der Waals surface area contributed by atoms with Crippen molar-refractivity contribution in [1.29, 1.82) is 0 Å². The first kappa shape index (κ1) is 19.9. The SMILES string of the molecule is CCCc1ccc(C(=O)CN2C(=O)c3cc(OC)c(OC)cc3S2(=O)=O)cc1. The Morgan fingerprint density at radius 3 is 2.21 bits per heavy atom. The molecular weight excluding hydrogens is 382 g/mol. The van der Waals surface area contributed by atoms with Crippen molar-refractivity contribution in [2.24, 2.45) is 0 Å². The van der Waals surface area contributed by atoms with E-state index < -0.39 is 28.3 Å². The Morgan fingerprint density at radius 1 is 1.04 bits per heavy atom. The average molecular weight is 403 g/mol. The fraction of sp³-hybridized carbons (Fsp3) is 0.300. The summed E-state index contributed by atoms with van der Waals surface area (Å²) in [5.74, 6) is -0.777. The molecule has 0 atom stereocenters. The Labute approximate surface area is 163 Å². The summed E-state index contributed by atoms with van der Waals surface area (Å²) in [4.78, 5) is 25.1. The Morgan fingerprint density at radius 2 is 1.64 bits per heavy atom. The lowest BCUT2D eigenvalue weighted by Crippen LogP contribution is -2.35. The van der Waals surface area contributed by atoms with Gasteiger partial charge >= 0.3 is 0 Å². The normalized spacial score (nSPS) is 14.7. The van der Waals surface area contributed by atoms with E-state index in [9.17, 15) is 18.0 Å². The molecule has 28 heavy (non-hydrogen) atoms. The lowest BCUT2D eigenvalue weighted by atomic mass is 10.1. The van der Waals surface area contributed by atoms with Crippen LogP contribution in [0, 0.1) is 0 Å². The molecule has 3 rings (SSSR count). The standard InChI is InChI=1S/C20H21NO6S/c1-4-5-13-6-8-14(9-7-13)16(22)12-21-20(23)15-10-17(26-2)18(27-3)11-19(15)28(21,24)25/h6-11H,4-5,12H2,1-3H3. The maximum atomic E-state index is 12.8. The zero-order valence-corrected chi connectivity index (χ0v) is 16.7. The van der Waals surface area contributed by atoms with E-state index in [4.69, 9.17) is 9.47 Å². The number of methoxy groups -OCH3 is 2. The van der Waals surface area contributed by atoms with Crippen molar-refractivity contribution in [2.75, 3.05) is 20.8 Å². The molecule has 2 aromatic rings. The number of amides is 1. The van der Waals surface area contributed by atoms with E-state index in [1.807, 2.05) is 12.1 Å². The number of benzene rings is 2. The summed E-state index contributed by atoms with van der Waals surface area (Å²) in [6.07, 6.45) is 1.88. The van der Waals surface area contributed by atoms with Gasteiger partial charge in [-0.15, -0.1) is 0 Å². The summed E-state index contributed by atoms with van der Waals surface area (Å²) in [6.45, 7) is 1.50. The van der Waals surface area contributed by atoms with Crippen LogP contribution in [-0.2, 0) is 16.4 Å². The van der Waals surface area contributed by atoms with Gasteiger partial charge in [-0.05, 0) is 18.1 Å². The van der Waals surface area contributed by atoms with Gasteiger partial charge in [0.05, 0.1) is 19.8 Å². The smallest absolute Gasteiger partial charge is 0.269 e. The fourth-order valence-electron chi connectivity index (χ4n) is 3.13. The molecule has 1 heterocycles. The molecule has 8 heteroatoms. The first-order valence-corrected chi connectivity index (χ1v) is 10.2. The fourth-order valence-corrected chi connectivity index (χ4v) is 4.65. The quantitative estimate of drug-likeness (QED) is 0.661. The minimum Gasteiger partial charge on any atom is -0.493 e. The molecule has 0 bridgehead atoms. The summed E-state index contributed by atoms with van der Waals surface area (Å²) in [6, 6.07) is 9.53. The van der Waals surface area contributed by atoms with Gasteiger partial charge in [0.1, 0.15) is 11.4 Å².